The highest BCUT2D eigenvalue weighted by molar-refractivity contribution is 6.89. The van der Waals surface area contributed by atoms with E-state index in [4.69, 9.17) is 51.5 Å². The molecule has 5 aliphatic carbocycles. The van der Waals surface area contributed by atoms with E-state index >= 15 is 0 Å². The molecule has 0 saturated heterocycles. The van der Waals surface area contributed by atoms with E-state index in [1.54, 1.807) is 0 Å². The Hall–Kier alpha value is -8.42. The Kier molecular flexibility index (Phi) is 13.2. The molecule has 0 aliphatic heterocycles. The molecule has 1 spiro atoms. The maximum atomic E-state index is 6.38. The zero-order valence-corrected chi connectivity index (χ0v) is 52.5. The second-order valence-corrected chi connectivity index (χ2v) is 37.3. The number of benzene rings is 8. The van der Waals surface area contributed by atoms with Crippen molar-refractivity contribution < 1.29 is 0 Å². The van der Waals surface area contributed by atoms with Crippen LogP contribution in [0, 0.1) is 30.6 Å². The Morgan fingerprint density at radius 3 is 1.29 bits per heavy atom. The van der Waals surface area contributed by atoms with Gasteiger partial charge in [-0.3, -0.25) is 0 Å². The Labute approximate surface area is 511 Å². The molecule has 5 aliphatic rings. The van der Waals surface area contributed by atoms with Gasteiger partial charge in [0.2, 0.25) is 0 Å². The van der Waals surface area contributed by atoms with Crippen LogP contribution in [0.2, 0.25) is 44.3 Å². The van der Waals surface area contributed by atoms with Crippen LogP contribution in [0.3, 0.4) is 0 Å². The van der Waals surface area contributed by atoms with Crippen LogP contribution in [0.15, 0.2) is 194 Å². The third-order valence-electron chi connectivity index (χ3n) is 19.2. The summed E-state index contributed by atoms with van der Waals surface area (Å²) in [6.07, 6.45) is 8.26. The van der Waals surface area contributed by atoms with E-state index in [0.717, 1.165) is 56.3 Å². The first kappa shape index (κ1) is 54.3. The number of hydrogen-bond donors (Lipinski definition) is 0. The molecule has 0 N–H and O–H groups in total. The van der Waals surface area contributed by atoms with E-state index in [2.05, 4.69) is 204 Å². The molecule has 0 amide bonds. The molecular weight excluding hydrogens is 1100 g/mol. The summed E-state index contributed by atoms with van der Waals surface area (Å²) in [5.41, 5.74) is 17.6. The van der Waals surface area contributed by atoms with Gasteiger partial charge in [-0.25, -0.2) is 39.9 Å². The van der Waals surface area contributed by atoms with Gasteiger partial charge >= 0.3 is 0 Å². The summed E-state index contributed by atoms with van der Waals surface area (Å²) in [5.74, 6) is 6.91. The van der Waals surface area contributed by atoms with Crippen LogP contribution in [0.25, 0.3) is 113 Å². The molecular formula is C75H67ClN8Si2. The first-order chi connectivity index (χ1) is 41.6. The lowest BCUT2D eigenvalue weighted by Gasteiger charge is -2.61. The summed E-state index contributed by atoms with van der Waals surface area (Å²) < 4.78 is 0. The van der Waals surface area contributed by atoms with Crippen molar-refractivity contribution >= 4 is 38.1 Å². The Balaban J connectivity index is 0.835. The third kappa shape index (κ3) is 9.66. The highest BCUT2D eigenvalue weighted by Crippen LogP contribution is 2.70. The quantitative estimate of drug-likeness (QED) is 0.118. The van der Waals surface area contributed by atoms with Crippen LogP contribution in [-0.2, 0) is 5.41 Å². The van der Waals surface area contributed by atoms with Crippen LogP contribution < -0.4 is 10.4 Å². The Morgan fingerprint density at radius 1 is 0.360 bits per heavy atom. The van der Waals surface area contributed by atoms with Crippen molar-refractivity contribution in [2.45, 2.75) is 83.7 Å². The van der Waals surface area contributed by atoms with Gasteiger partial charge in [-0.15, -0.1) is 0 Å². The monoisotopic (exact) mass is 1170 g/mol. The van der Waals surface area contributed by atoms with Crippen molar-refractivity contribution in [2.75, 3.05) is 0 Å². The van der Waals surface area contributed by atoms with Gasteiger partial charge in [-0.05, 0) is 156 Å². The molecule has 86 heavy (non-hydrogen) atoms. The Bertz CT molecular complexity index is 4410. The number of rotatable bonds is 11. The SMILES string of the molecule is Cc1ccc(-c2nc(-c3ccc([Si](C)(C)C)cc3)nc(-c3ccc(-c4ccc5c(c4)C4(c6cc(-c7nccc(-c8nc(-c9ccc(Cl)cc9)nc(-c9ccc([Si](C)(C)C)cc9)n8)n7)ccc6-5)C5CC6CC(C5)CC4C6)c(-c4ccccc4)c3)n2)cc1. The minimum Gasteiger partial charge on any atom is -0.237 e. The maximum Gasteiger partial charge on any atom is 0.182 e. The van der Waals surface area contributed by atoms with E-state index in [-0.39, 0.29) is 5.41 Å². The second kappa shape index (κ2) is 20.9. The van der Waals surface area contributed by atoms with Crippen LogP contribution in [0.5, 0.6) is 0 Å². The fourth-order valence-electron chi connectivity index (χ4n) is 15.0. The third-order valence-corrected chi connectivity index (χ3v) is 23.5. The average molecular weight is 1170 g/mol. The zero-order chi connectivity index (χ0) is 58.6. The Morgan fingerprint density at radius 2 is 0.779 bits per heavy atom. The van der Waals surface area contributed by atoms with Crippen LogP contribution in [-0.4, -0.2) is 56.0 Å². The molecule has 3 heterocycles. The van der Waals surface area contributed by atoms with Crippen molar-refractivity contribution in [1.82, 2.24) is 39.9 Å². The van der Waals surface area contributed by atoms with Gasteiger partial charge in [0.1, 0.15) is 5.69 Å². The number of nitrogens with zero attached hydrogens (tertiary/aromatic N) is 8. The standard InChI is InChI=1S/C75H67ClN8Si2/c1-45-13-15-49(16-14-45)69-79-70(51-19-28-59(29-20-51)85(2,3)4)82-73(81-69)54-24-32-61(64(42-54)48-11-9-8-10-12-48)53-23-33-62-63-34-25-55(44-66(63)75(65(62)43-53)56-38-46-37-47(40-56)41-57(75)39-46)68-77-36-35-67(78-68)74-83-71(50-17-26-58(76)27-18-50)80-72(84-74)52-21-30-60(31-22-52)86(5,6)7/h8-36,42-44,46-47,56-57H,37-41H2,1-7H3. The normalized spacial score (nSPS) is 19.2. The smallest absolute Gasteiger partial charge is 0.182 e. The van der Waals surface area contributed by atoms with Gasteiger partial charge in [0.15, 0.2) is 40.8 Å². The summed E-state index contributed by atoms with van der Waals surface area (Å²) in [5, 5.41) is 3.43. The predicted molar refractivity (Wildman–Crippen MR) is 357 cm³/mol. The minimum absolute atomic E-state index is 0.142. The molecule has 8 nitrogen and oxygen atoms in total. The van der Waals surface area contributed by atoms with Crippen molar-refractivity contribution in [3.63, 3.8) is 0 Å². The number of hydrogen-bond acceptors (Lipinski definition) is 8. The lowest BCUT2D eigenvalue weighted by atomic mass is 9.43. The van der Waals surface area contributed by atoms with Crippen molar-refractivity contribution in [2.24, 2.45) is 23.7 Å². The highest BCUT2D eigenvalue weighted by Gasteiger charge is 2.61. The van der Waals surface area contributed by atoms with E-state index in [0.29, 0.717) is 63.3 Å². The van der Waals surface area contributed by atoms with Crippen LogP contribution >= 0.6 is 11.6 Å². The van der Waals surface area contributed by atoms with E-state index in [1.165, 1.54) is 81.4 Å². The zero-order valence-electron chi connectivity index (χ0n) is 49.8. The van der Waals surface area contributed by atoms with Crippen molar-refractivity contribution in [1.29, 1.82) is 0 Å². The summed E-state index contributed by atoms with van der Waals surface area (Å²) >= 11 is 6.38. The molecule has 11 heteroatoms. The molecule has 0 unspecified atom stereocenters. The summed E-state index contributed by atoms with van der Waals surface area (Å²) in [6.45, 7) is 16.3. The average Bonchev–Trinajstić information content (AvgIpc) is 1.46. The molecule has 0 atom stereocenters. The van der Waals surface area contributed by atoms with Gasteiger partial charge in [0.05, 0.1) is 16.1 Å². The van der Waals surface area contributed by atoms with E-state index < -0.39 is 16.1 Å². The highest BCUT2D eigenvalue weighted by atomic mass is 35.5. The number of aromatic nitrogens is 8. The first-order valence-electron chi connectivity index (χ1n) is 30.5. The molecule has 4 saturated carbocycles. The van der Waals surface area contributed by atoms with Crippen molar-refractivity contribution in [3.8, 4) is 113 Å². The molecule has 4 bridgehead atoms. The minimum atomic E-state index is -1.53. The second-order valence-electron chi connectivity index (χ2n) is 26.7. The van der Waals surface area contributed by atoms with Crippen LogP contribution in [0.1, 0.15) is 48.8 Å². The number of aryl methyl sites for hydroxylation is 1. The maximum absolute atomic E-state index is 6.38. The van der Waals surface area contributed by atoms with E-state index in [9.17, 15) is 0 Å². The fraction of sp³-hybridized carbons (Fsp3) is 0.227. The van der Waals surface area contributed by atoms with Crippen LogP contribution in [0.4, 0.5) is 0 Å². The number of fused-ring (bicyclic) bond motifs is 3. The number of halogens is 1. The van der Waals surface area contributed by atoms with Crippen molar-refractivity contribution in [3.05, 3.63) is 216 Å². The lowest BCUT2D eigenvalue weighted by Crippen LogP contribution is -2.55. The fourth-order valence-corrected chi connectivity index (χ4v) is 17.4. The molecule has 0 radical (unpaired) electrons. The van der Waals surface area contributed by atoms with Gasteiger partial charge in [0, 0.05) is 50.0 Å². The van der Waals surface area contributed by atoms with Gasteiger partial charge in [0.25, 0.3) is 0 Å². The van der Waals surface area contributed by atoms with E-state index in [1.807, 2.05) is 36.5 Å². The predicted octanol–water partition coefficient (Wildman–Crippen LogP) is 17.6. The lowest BCUT2D eigenvalue weighted by molar-refractivity contribution is -0.0399. The largest absolute Gasteiger partial charge is 0.237 e. The molecule has 16 rings (SSSR count). The topological polar surface area (TPSA) is 103 Å². The van der Waals surface area contributed by atoms with Gasteiger partial charge < -0.3 is 0 Å². The van der Waals surface area contributed by atoms with Gasteiger partial charge in [-0.1, -0.05) is 206 Å². The first-order valence-corrected chi connectivity index (χ1v) is 37.9. The van der Waals surface area contributed by atoms with Gasteiger partial charge in [-0.2, -0.15) is 0 Å². The summed E-state index contributed by atoms with van der Waals surface area (Å²) in [4.78, 5) is 41.2. The molecule has 8 aromatic carbocycles. The molecule has 3 aromatic heterocycles. The summed E-state index contributed by atoms with van der Waals surface area (Å²) in [6, 6.07) is 67.8. The molecule has 4 fully saturated rings. The summed E-state index contributed by atoms with van der Waals surface area (Å²) in [7, 11) is -3.05. The molecule has 422 valence electrons. The molecule has 11 aromatic rings.